The van der Waals surface area contributed by atoms with E-state index in [2.05, 4.69) is 22.7 Å². The van der Waals surface area contributed by atoms with Gasteiger partial charge >= 0.3 is 0 Å². The van der Waals surface area contributed by atoms with Gasteiger partial charge in [0.15, 0.2) is 0 Å². The Balaban J connectivity index is 2.43. The Morgan fingerprint density at radius 1 is 1.17 bits per heavy atom. The number of benzene rings is 1. The van der Waals surface area contributed by atoms with Crippen molar-refractivity contribution in [3.63, 3.8) is 0 Å². The molecule has 0 aliphatic heterocycles. The summed E-state index contributed by atoms with van der Waals surface area (Å²) in [5, 5.41) is 4.00. The molecule has 1 aromatic heterocycles. The van der Waals surface area contributed by atoms with Gasteiger partial charge < -0.3 is 0 Å². The van der Waals surface area contributed by atoms with Crippen LogP contribution in [0.25, 0.3) is 5.69 Å². The molecule has 2 aromatic rings. The summed E-state index contributed by atoms with van der Waals surface area (Å²) in [6.07, 6.45) is 3.17. The molecule has 0 fully saturated rings. The first-order valence-electron chi connectivity index (χ1n) is 3.50. The van der Waals surface area contributed by atoms with Gasteiger partial charge in [0.1, 0.15) is 12.7 Å². The summed E-state index contributed by atoms with van der Waals surface area (Å²) in [6, 6.07) is 7.72. The number of hydrogen-bond donors (Lipinski definition) is 1. The summed E-state index contributed by atoms with van der Waals surface area (Å²) in [5.41, 5.74) is 0.991. The van der Waals surface area contributed by atoms with Crippen molar-refractivity contribution < 1.29 is 0 Å². The van der Waals surface area contributed by atoms with Crippen LogP contribution in [-0.2, 0) is 0 Å². The predicted molar refractivity (Wildman–Crippen MR) is 48.6 cm³/mol. The van der Waals surface area contributed by atoms with Crippen LogP contribution in [0.2, 0.25) is 0 Å². The monoisotopic (exact) mass is 177 g/mol. The van der Waals surface area contributed by atoms with E-state index in [-0.39, 0.29) is 0 Å². The lowest BCUT2D eigenvalue weighted by Crippen LogP contribution is -1.92. The normalized spacial score (nSPS) is 10.1. The van der Waals surface area contributed by atoms with Crippen LogP contribution in [0.3, 0.4) is 0 Å². The van der Waals surface area contributed by atoms with Gasteiger partial charge in [0.2, 0.25) is 0 Å². The number of hydrogen-bond acceptors (Lipinski definition) is 3. The SMILES string of the molecule is Sc1ccc(-n2cncn2)cc1. The fraction of sp³-hybridized carbons (Fsp3) is 0. The van der Waals surface area contributed by atoms with Crippen molar-refractivity contribution in [2.45, 2.75) is 4.90 Å². The molecule has 0 saturated carbocycles. The van der Waals surface area contributed by atoms with Crippen LogP contribution in [0.1, 0.15) is 0 Å². The second-order valence-corrected chi connectivity index (χ2v) is 2.87. The fourth-order valence-electron chi connectivity index (χ4n) is 0.947. The quantitative estimate of drug-likeness (QED) is 0.670. The molecule has 12 heavy (non-hydrogen) atoms. The summed E-state index contributed by atoms with van der Waals surface area (Å²) in [6.45, 7) is 0. The largest absolute Gasteiger partial charge is 0.223 e. The van der Waals surface area contributed by atoms with Crippen LogP contribution in [-0.4, -0.2) is 14.8 Å². The Labute approximate surface area is 75.5 Å². The van der Waals surface area contributed by atoms with Gasteiger partial charge in [-0.1, -0.05) is 0 Å². The van der Waals surface area contributed by atoms with Gasteiger partial charge in [-0.3, -0.25) is 0 Å². The fourth-order valence-corrected chi connectivity index (χ4v) is 1.10. The zero-order valence-electron chi connectivity index (χ0n) is 6.25. The molecule has 0 aliphatic rings. The van der Waals surface area contributed by atoms with Crippen molar-refractivity contribution >= 4 is 12.6 Å². The molecule has 0 saturated heterocycles. The van der Waals surface area contributed by atoms with Gasteiger partial charge in [0.05, 0.1) is 5.69 Å². The molecule has 0 atom stereocenters. The summed E-state index contributed by atoms with van der Waals surface area (Å²) < 4.78 is 1.70. The van der Waals surface area contributed by atoms with Gasteiger partial charge in [-0.2, -0.15) is 5.10 Å². The molecule has 0 aliphatic carbocycles. The van der Waals surface area contributed by atoms with Gasteiger partial charge in [-0.25, -0.2) is 9.67 Å². The molecular weight excluding hydrogens is 170 g/mol. The van der Waals surface area contributed by atoms with Crippen LogP contribution < -0.4 is 0 Å². The second kappa shape index (κ2) is 2.98. The molecule has 0 unspecified atom stereocenters. The molecule has 0 N–H and O–H groups in total. The van der Waals surface area contributed by atoms with Gasteiger partial charge in [-0.05, 0) is 24.3 Å². The average Bonchev–Trinajstić information content (AvgIpc) is 2.58. The maximum Gasteiger partial charge on any atom is 0.138 e. The highest BCUT2D eigenvalue weighted by Crippen LogP contribution is 2.09. The van der Waals surface area contributed by atoms with E-state index >= 15 is 0 Å². The Kier molecular flexibility index (Phi) is 1.83. The number of rotatable bonds is 1. The molecule has 0 amide bonds. The number of thiol groups is 1. The first-order chi connectivity index (χ1) is 5.86. The first kappa shape index (κ1) is 7.36. The van der Waals surface area contributed by atoms with Crippen molar-refractivity contribution in [2.75, 3.05) is 0 Å². The third-order valence-electron chi connectivity index (χ3n) is 1.53. The minimum Gasteiger partial charge on any atom is -0.223 e. The van der Waals surface area contributed by atoms with Gasteiger partial charge in [0, 0.05) is 4.90 Å². The zero-order valence-corrected chi connectivity index (χ0v) is 7.15. The highest BCUT2D eigenvalue weighted by atomic mass is 32.1. The van der Waals surface area contributed by atoms with E-state index in [1.165, 1.54) is 6.33 Å². The van der Waals surface area contributed by atoms with E-state index in [4.69, 9.17) is 0 Å². The summed E-state index contributed by atoms with van der Waals surface area (Å²) in [4.78, 5) is 4.80. The van der Waals surface area contributed by atoms with E-state index < -0.39 is 0 Å². The number of nitrogens with zero attached hydrogens (tertiary/aromatic N) is 3. The minimum absolute atomic E-state index is 0.943. The standard InChI is InChI=1S/C8H7N3S/c12-8-3-1-7(2-4-8)11-6-9-5-10-11/h1-6,12H. The summed E-state index contributed by atoms with van der Waals surface area (Å²) in [7, 11) is 0. The molecule has 0 spiro atoms. The molecular formula is C8H7N3S. The molecule has 2 rings (SSSR count). The van der Waals surface area contributed by atoms with E-state index in [9.17, 15) is 0 Å². The van der Waals surface area contributed by atoms with E-state index in [0.29, 0.717) is 0 Å². The van der Waals surface area contributed by atoms with Crippen LogP contribution in [0.4, 0.5) is 0 Å². The smallest absolute Gasteiger partial charge is 0.138 e. The van der Waals surface area contributed by atoms with E-state index in [1.54, 1.807) is 11.0 Å². The Morgan fingerprint density at radius 3 is 2.50 bits per heavy atom. The highest BCUT2D eigenvalue weighted by Gasteiger charge is 1.94. The Bertz CT molecular complexity index is 352. The average molecular weight is 177 g/mol. The van der Waals surface area contributed by atoms with Crippen LogP contribution in [0.15, 0.2) is 41.8 Å². The predicted octanol–water partition coefficient (Wildman–Crippen LogP) is 1.56. The van der Waals surface area contributed by atoms with Crippen molar-refractivity contribution in [3.8, 4) is 5.69 Å². The number of aromatic nitrogens is 3. The maximum absolute atomic E-state index is 4.18. The maximum atomic E-state index is 4.18. The zero-order chi connectivity index (χ0) is 8.39. The molecule has 60 valence electrons. The Morgan fingerprint density at radius 2 is 1.92 bits per heavy atom. The lowest BCUT2D eigenvalue weighted by Gasteiger charge is -1.98. The molecule has 0 radical (unpaired) electrons. The van der Waals surface area contributed by atoms with Crippen LogP contribution in [0, 0.1) is 0 Å². The van der Waals surface area contributed by atoms with Crippen LogP contribution >= 0.6 is 12.6 Å². The lowest BCUT2D eigenvalue weighted by atomic mass is 10.3. The molecule has 0 bridgehead atoms. The minimum atomic E-state index is 0.943. The van der Waals surface area contributed by atoms with Crippen LogP contribution in [0.5, 0.6) is 0 Å². The van der Waals surface area contributed by atoms with E-state index in [1.807, 2.05) is 24.3 Å². The third kappa shape index (κ3) is 1.33. The van der Waals surface area contributed by atoms with Crippen molar-refractivity contribution in [3.05, 3.63) is 36.9 Å². The topological polar surface area (TPSA) is 30.7 Å². The van der Waals surface area contributed by atoms with Gasteiger partial charge in [0.25, 0.3) is 0 Å². The molecule has 1 heterocycles. The lowest BCUT2D eigenvalue weighted by molar-refractivity contribution is 0.877. The van der Waals surface area contributed by atoms with E-state index in [0.717, 1.165) is 10.6 Å². The molecule has 1 aromatic carbocycles. The van der Waals surface area contributed by atoms with Gasteiger partial charge in [-0.15, -0.1) is 12.6 Å². The van der Waals surface area contributed by atoms with Crippen molar-refractivity contribution in [2.24, 2.45) is 0 Å². The Hall–Kier alpha value is -1.29. The third-order valence-corrected chi connectivity index (χ3v) is 1.83. The summed E-state index contributed by atoms with van der Waals surface area (Å²) in [5.74, 6) is 0. The highest BCUT2D eigenvalue weighted by molar-refractivity contribution is 7.80. The first-order valence-corrected chi connectivity index (χ1v) is 3.95. The second-order valence-electron chi connectivity index (χ2n) is 2.36. The van der Waals surface area contributed by atoms with Crippen molar-refractivity contribution in [1.82, 2.24) is 14.8 Å². The molecule has 4 heteroatoms. The van der Waals surface area contributed by atoms with Crippen molar-refractivity contribution in [1.29, 1.82) is 0 Å². The summed E-state index contributed by atoms with van der Waals surface area (Å²) >= 11 is 4.18. The molecule has 3 nitrogen and oxygen atoms in total.